The van der Waals surface area contributed by atoms with Crippen molar-refractivity contribution >= 4 is 39.1 Å². The average Bonchev–Trinajstić information content (AvgIpc) is 2.61. The van der Waals surface area contributed by atoms with E-state index in [2.05, 4.69) is 5.32 Å². The molecular formula is C16H21ClN2O4S. The van der Waals surface area contributed by atoms with E-state index in [0.29, 0.717) is 6.54 Å². The summed E-state index contributed by atoms with van der Waals surface area (Å²) < 4.78 is 25.4. The van der Waals surface area contributed by atoms with Gasteiger partial charge in [-0.15, -0.1) is 0 Å². The molecule has 0 atom stereocenters. The second-order valence-corrected chi connectivity index (χ2v) is 9.20. The minimum Gasteiger partial charge on any atom is -0.352 e. The molecule has 1 aromatic rings. The Morgan fingerprint density at radius 1 is 1.38 bits per heavy atom. The van der Waals surface area contributed by atoms with Gasteiger partial charge in [-0.3, -0.25) is 9.59 Å². The summed E-state index contributed by atoms with van der Waals surface area (Å²) in [5, 5.41) is 2.93. The molecule has 0 saturated carbocycles. The van der Waals surface area contributed by atoms with E-state index < -0.39 is 27.3 Å². The molecule has 1 N–H and O–H groups in total. The molecule has 1 aromatic carbocycles. The Labute approximate surface area is 147 Å². The number of benzene rings is 1. The second kappa shape index (κ2) is 6.37. The van der Waals surface area contributed by atoms with Gasteiger partial charge in [-0.25, -0.2) is 12.7 Å². The number of amides is 2. The van der Waals surface area contributed by atoms with E-state index >= 15 is 0 Å². The molecule has 1 fully saturated rings. The molecule has 0 radical (unpaired) electrons. The maximum absolute atomic E-state index is 12.4. The van der Waals surface area contributed by atoms with Crippen LogP contribution in [0.1, 0.15) is 38.1 Å². The Morgan fingerprint density at radius 2 is 2.00 bits per heavy atom. The summed E-state index contributed by atoms with van der Waals surface area (Å²) in [7, 11) is -3.77. The minimum atomic E-state index is -3.77. The van der Waals surface area contributed by atoms with Gasteiger partial charge in [0, 0.05) is 6.54 Å². The van der Waals surface area contributed by atoms with E-state index in [0.717, 1.165) is 4.31 Å². The second-order valence-electron chi connectivity index (χ2n) is 6.98. The molecule has 2 rings (SSSR count). The maximum atomic E-state index is 12.4. The Kier molecular flexibility index (Phi) is 4.97. The van der Waals surface area contributed by atoms with Gasteiger partial charge < -0.3 is 5.32 Å². The van der Waals surface area contributed by atoms with E-state index in [9.17, 15) is 18.0 Å². The molecule has 1 aliphatic heterocycles. The largest absolute Gasteiger partial charge is 0.352 e. The lowest BCUT2D eigenvalue weighted by Crippen LogP contribution is -2.33. The summed E-state index contributed by atoms with van der Waals surface area (Å²) in [6, 6.07) is 4.20. The third-order valence-electron chi connectivity index (χ3n) is 3.68. The van der Waals surface area contributed by atoms with Gasteiger partial charge in [-0.2, -0.15) is 0 Å². The van der Waals surface area contributed by atoms with Crippen molar-refractivity contribution in [3.8, 4) is 0 Å². The highest BCUT2D eigenvalue weighted by Gasteiger charge is 2.50. The number of sulfonamides is 1. The molecule has 0 aromatic heterocycles. The first-order valence-electron chi connectivity index (χ1n) is 7.61. The number of hydrogen-bond acceptors (Lipinski definition) is 4. The van der Waals surface area contributed by atoms with Crippen LogP contribution in [0.3, 0.4) is 0 Å². The first-order valence-corrected chi connectivity index (χ1v) is 9.59. The molecule has 0 aliphatic carbocycles. The van der Waals surface area contributed by atoms with Crippen molar-refractivity contribution in [3.63, 3.8) is 0 Å². The third-order valence-corrected chi connectivity index (χ3v) is 6.03. The molecule has 1 saturated heterocycles. The lowest BCUT2D eigenvalue weighted by Gasteiger charge is -2.18. The summed E-state index contributed by atoms with van der Waals surface area (Å²) in [5.41, 5.74) is -0.731. The monoisotopic (exact) mass is 372 g/mol. The standard InChI is InChI=1S/C16H21ClN2O4S/c1-10(2)8-18-14(20)12-7-11(5-6-13(12)17)19-15(21)16(3,4)9-24(19,22)23/h5-7,10H,8-9H2,1-4H3,(H,18,20). The summed E-state index contributed by atoms with van der Waals surface area (Å²) in [5.74, 6) is -0.925. The quantitative estimate of drug-likeness (QED) is 0.879. The van der Waals surface area contributed by atoms with Crippen molar-refractivity contribution in [2.75, 3.05) is 16.6 Å². The Morgan fingerprint density at radius 3 is 2.50 bits per heavy atom. The van der Waals surface area contributed by atoms with Crippen LogP contribution in [0.4, 0.5) is 5.69 Å². The molecule has 1 heterocycles. The van der Waals surface area contributed by atoms with E-state index in [1.807, 2.05) is 13.8 Å². The van der Waals surface area contributed by atoms with Crippen LogP contribution in [-0.2, 0) is 14.8 Å². The van der Waals surface area contributed by atoms with Gasteiger partial charge >= 0.3 is 0 Å². The van der Waals surface area contributed by atoms with Crippen LogP contribution in [0.25, 0.3) is 0 Å². The number of carbonyl (C=O) groups excluding carboxylic acids is 2. The molecule has 24 heavy (non-hydrogen) atoms. The van der Waals surface area contributed by atoms with Crippen LogP contribution in [0.15, 0.2) is 18.2 Å². The van der Waals surface area contributed by atoms with Crippen LogP contribution in [-0.4, -0.2) is 32.5 Å². The summed E-state index contributed by atoms with van der Waals surface area (Å²) in [6.07, 6.45) is 0. The fourth-order valence-corrected chi connectivity index (χ4v) is 4.77. The van der Waals surface area contributed by atoms with Crippen LogP contribution in [0, 0.1) is 11.3 Å². The Hall–Kier alpha value is -1.60. The molecule has 0 unspecified atom stereocenters. The van der Waals surface area contributed by atoms with E-state index in [-0.39, 0.29) is 27.9 Å². The first-order chi connectivity index (χ1) is 11.0. The molecule has 0 spiro atoms. The highest BCUT2D eigenvalue weighted by Crippen LogP contribution is 2.36. The van der Waals surface area contributed by atoms with Gasteiger partial charge in [0.15, 0.2) is 0 Å². The Balaban J connectivity index is 2.41. The number of nitrogens with zero attached hydrogens (tertiary/aromatic N) is 1. The predicted molar refractivity (Wildman–Crippen MR) is 93.7 cm³/mol. The van der Waals surface area contributed by atoms with Crippen LogP contribution >= 0.6 is 11.6 Å². The highest BCUT2D eigenvalue weighted by molar-refractivity contribution is 7.94. The molecule has 6 nitrogen and oxygen atoms in total. The zero-order chi connectivity index (χ0) is 18.3. The van der Waals surface area contributed by atoms with Gasteiger partial charge in [0.05, 0.1) is 27.4 Å². The zero-order valence-electron chi connectivity index (χ0n) is 14.1. The van der Waals surface area contributed by atoms with Crippen LogP contribution in [0.2, 0.25) is 5.02 Å². The SMILES string of the molecule is CC(C)CNC(=O)c1cc(N2C(=O)C(C)(C)CS2(=O)=O)ccc1Cl. The van der Waals surface area contributed by atoms with Gasteiger partial charge in [0.1, 0.15) is 0 Å². The lowest BCUT2D eigenvalue weighted by molar-refractivity contribution is -0.123. The van der Waals surface area contributed by atoms with Crippen molar-refractivity contribution in [1.29, 1.82) is 0 Å². The van der Waals surface area contributed by atoms with Crippen molar-refractivity contribution in [3.05, 3.63) is 28.8 Å². The highest BCUT2D eigenvalue weighted by atomic mass is 35.5. The van der Waals surface area contributed by atoms with Crippen molar-refractivity contribution < 1.29 is 18.0 Å². The van der Waals surface area contributed by atoms with Crippen LogP contribution < -0.4 is 9.62 Å². The number of anilines is 1. The number of halogens is 1. The van der Waals surface area contributed by atoms with Crippen molar-refractivity contribution in [2.45, 2.75) is 27.7 Å². The average molecular weight is 373 g/mol. The summed E-state index contributed by atoms with van der Waals surface area (Å²) in [6.45, 7) is 7.54. The topological polar surface area (TPSA) is 83.6 Å². The predicted octanol–water partition coefficient (Wildman–Crippen LogP) is 2.43. The number of carbonyl (C=O) groups is 2. The van der Waals surface area contributed by atoms with E-state index in [1.54, 1.807) is 13.8 Å². The molecule has 8 heteroatoms. The van der Waals surface area contributed by atoms with Crippen molar-refractivity contribution in [1.82, 2.24) is 5.32 Å². The fourth-order valence-electron chi connectivity index (χ4n) is 2.47. The van der Waals surface area contributed by atoms with Crippen molar-refractivity contribution in [2.24, 2.45) is 11.3 Å². The molecular weight excluding hydrogens is 352 g/mol. The fraction of sp³-hybridized carbons (Fsp3) is 0.500. The van der Waals surface area contributed by atoms with Gasteiger partial charge in [0.2, 0.25) is 15.9 Å². The smallest absolute Gasteiger partial charge is 0.252 e. The molecule has 132 valence electrons. The summed E-state index contributed by atoms with van der Waals surface area (Å²) in [4.78, 5) is 24.7. The number of hydrogen-bond donors (Lipinski definition) is 1. The maximum Gasteiger partial charge on any atom is 0.252 e. The third kappa shape index (κ3) is 3.57. The van der Waals surface area contributed by atoms with E-state index in [4.69, 9.17) is 11.6 Å². The van der Waals surface area contributed by atoms with Gasteiger partial charge in [-0.05, 0) is 38.0 Å². The molecule has 2 amide bonds. The first kappa shape index (κ1) is 18.7. The molecule has 0 bridgehead atoms. The van der Waals surface area contributed by atoms with Gasteiger partial charge in [0.25, 0.3) is 5.91 Å². The zero-order valence-corrected chi connectivity index (χ0v) is 15.7. The van der Waals surface area contributed by atoms with Gasteiger partial charge in [-0.1, -0.05) is 25.4 Å². The summed E-state index contributed by atoms with van der Waals surface area (Å²) >= 11 is 6.06. The minimum absolute atomic E-state index is 0.129. The number of nitrogens with one attached hydrogen (secondary N) is 1. The lowest BCUT2D eigenvalue weighted by atomic mass is 9.95. The Bertz CT molecular complexity index is 787. The van der Waals surface area contributed by atoms with E-state index in [1.165, 1.54) is 18.2 Å². The molecule has 1 aliphatic rings. The number of rotatable bonds is 4. The van der Waals surface area contributed by atoms with Crippen LogP contribution in [0.5, 0.6) is 0 Å². The normalized spacial score (nSPS) is 18.9.